The minimum absolute atomic E-state index is 0.244. The largest absolute Gasteiger partial charge is 0.370 e. The van der Waals surface area contributed by atoms with Crippen molar-refractivity contribution in [2.75, 3.05) is 5.32 Å². The lowest BCUT2D eigenvalue weighted by Gasteiger charge is -2.11. The number of benzene rings is 1. The van der Waals surface area contributed by atoms with Gasteiger partial charge in [0.05, 0.1) is 24.4 Å². The van der Waals surface area contributed by atoms with Crippen LogP contribution in [0, 0.1) is 0 Å². The molecule has 0 aliphatic carbocycles. The predicted octanol–water partition coefficient (Wildman–Crippen LogP) is 1.93. The van der Waals surface area contributed by atoms with Crippen LogP contribution in [0.2, 0.25) is 0 Å². The zero-order chi connectivity index (χ0) is 19.8. The van der Waals surface area contributed by atoms with Gasteiger partial charge in [-0.3, -0.25) is 4.79 Å². The molecular formula is C20H17N7O2. The summed E-state index contributed by atoms with van der Waals surface area (Å²) in [5, 5.41) is 11.7. The number of primary amides is 1. The Balaban J connectivity index is 1.57. The van der Waals surface area contributed by atoms with Crippen LogP contribution in [-0.2, 0) is 24.5 Å². The third-order valence-corrected chi connectivity index (χ3v) is 4.79. The maximum atomic E-state index is 11.7. The molecule has 29 heavy (non-hydrogen) atoms. The Labute approximate surface area is 165 Å². The van der Waals surface area contributed by atoms with E-state index in [1.807, 2.05) is 30.3 Å². The first-order valence-corrected chi connectivity index (χ1v) is 9.10. The molecule has 144 valence electrons. The smallest absolute Gasteiger partial charge is 0.267 e. The molecule has 4 heterocycles. The fourth-order valence-corrected chi connectivity index (χ4v) is 3.35. The standard InChI is InChI=1S/C20H17N7O2/c21-18(28)16-8-4-7-15-17(25-26-27(15)16)20-23-14-11-29-10-13(14)19(24-20)22-9-12-5-2-1-3-6-12/h1-8H,9-11H2,(H2,21,28)(H,22,23,24). The molecule has 9 heteroatoms. The van der Waals surface area contributed by atoms with Crippen LogP contribution in [0.4, 0.5) is 5.82 Å². The van der Waals surface area contributed by atoms with E-state index in [4.69, 9.17) is 15.5 Å². The molecule has 0 saturated heterocycles. The second kappa shape index (κ2) is 6.95. The van der Waals surface area contributed by atoms with E-state index in [-0.39, 0.29) is 5.69 Å². The van der Waals surface area contributed by atoms with Crippen LogP contribution >= 0.6 is 0 Å². The van der Waals surface area contributed by atoms with Gasteiger partial charge in [0.2, 0.25) is 0 Å². The topological polar surface area (TPSA) is 120 Å². The highest BCUT2D eigenvalue weighted by molar-refractivity contribution is 5.92. The molecule has 1 aliphatic rings. The Morgan fingerprint density at radius 1 is 1.10 bits per heavy atom. The van der Waals surface area contributed by atoms with E-state index in [2.05, 4.69) is 20.6 Å². The quantitative estimate of drug-likeness (QED) is 0.537. The number of anilines is 1. The summed E-state index contributed by atoms with van der Waals surface area (Å²) in [6, 6.07) is 15.2. The van der Waals surface area contributed by atoms with Crippen molar-refractivity contribution in [2.45, 2.75) is 19.8 Å². The van der Waals surface area contributed by atoms with Crippen LogP contribution in [0.5, 0.6) is 0 Å². The fourth-order valence-electron chi connectivity index (χ4n) is 3.35. The Bertz CT molecular complexity index is 1220. The zero-order valence-corrected chi connectivity index (χ0v) is 15.4. The van der Waals surface area contributed by atoms with Crippen LogP contribution in [0.1, 0.15) is 27.3 Å². The van der Waals surface area contributed by atoms with Crippen molar-refractivity contribution >= 4 is 17.2 Å². The number of aromatic nitrogens is 5. The van der Waals surface area contributed by atoms with Crippen LogP contribution in [-0.4, -0.2) is 30.7 Å². The number of rotatable bonds is 5. The lowest BCUT2D eigenvalue weighted by atomic mass is 10.2. The van der Waals surface area contributed by atoms with Crippen LogP contribution in [0.15, 0.2) is 48.5 Å². The molecular weight excluding hydrogens is 370 g/mol. The van der Waals surface area contributed by atoms with E-state index < -0.39 is 5.91 Å². The summed E-state index contributed by atoms with van der Waals surface area (Å²) in [4.78, 5) is 21.0. The van der Waals surface area contributed by atoms with Gasteiger partial charge in [-0.2, -0.15) is 0 Å². The number of carbonyl (C=O) groups is 1. The SMILES string of the molecule is NC(=O)c1cccc2c(-c3nc4c(c(NCc5ccccc5)n3)COC4)nnn12. The molecule has 0 unspecified atom stereocenters. The minimum atomic E-state index is -0.583. The number of pyridine rings is 1. The van der Waals surface area contributed by atoms with Crippen LogP contribution in [0.25, 0.3) is 17.0 Å². The molecule has 0 radical (unpaired) electrons. The summed E-state index contributed by atoms with van der Waals surface area (Å²) in [7, 11) is 0. The van der Waals surface area contributed by atoms with Crippen LogP contribution < -0.4 is 11.1 Å². The fraction of sp³-hybridized carbons (Fsp3) is 0.150. The van der Waals surface area contributed by atoms with E-state index in [0.29, 0.717) is 42.6 Å². The molecule has 0 atom stereocenters. The highest BCUT2D eigenvalue weighted by Gasteiger charge is 2.23. The number of hydrogen-bond acceptors (Lipinski definition) is 7. The van der Waals surface area contributed by atoms with E-state index in [1.165, 1.54) is 4.52 Å². The van der Waals surface area contributed by atoms with Gasteiger partial charge in [0.1, 0.15) is 11.5 Å². The minimum Gasteiger partial charge on any atom is -0.370 e. The maximum Gasteiger partial charge on any atom is 0.267 e. The first-order chi connectivity index (χ1) is 14.2. The van der Waals surface area contributed by atoms with Gasteiger partial charge in [-0.25, -0.2) is 14.5 Å². The number of hydrogen-bond donors (Lipinski definition) is 2. The molecule has 0 fully saturated rings. The molecule has 0 bridgehead atoms. The van der Waals surface area contributed by atoms with Gasteiger partial charge in [-0.1, -0.05) is 41.6 Å². The Morgan fingerprint density at radius 3 is 2.79 bits per heavy atom. The molecule has 1 aromatic carbocycles. The number of fused-ring (bicyclic) bond motifs is 2. The van der Waals surface area contributed by atoms with Crippen molar-refractivity contribution in [1.29, 1.82) is 0 Å². The van der Waals surface area contributed by atoms with Crippen molar-refractivity contribution in [1.82, 2.24) is 24.8 Å². The van der Waals surface area contributed by atoms with Crippen molar-refractivity contribution in [2.24, 2.45) is 5.73 Å². The third kappa shape index (κ3) is 3.07. The van der Waals surface area contributed by atoms with Crippen molar-refractivity contribution in [3.63, 3.8) is 0 Å². The van der Waals surface area contributed by atoms with Gasteiger partial charge >= 0.3 is 0 Å². The van der Waals surface area contributed by atoms with Gasteiger partial charge in [0.25, 0.3) is 5.91 Å². The average Bonchev–Trinajstić information content (AvgIpc) is 3.39. The van der Waals surface area contributed by atoms with Crippen molar-refractivity contribution in [3.8, 4) is 11.5 Å². The summed E-state index contributed by atoms with van der Waals surface area (Å²) in [6.45, 7) is 1.50. The number of nitrogens with one attached hydrogen (secondary N) is 1. The molecule has 3 N–H and O–H groups in total. The number of ether oxygens (including phenoxy) is 1. The second-order valence-corrected chi connectivity index (χ2v) is 6.66. The molecule has 3 aromatic heterocycles. The summed E-state index contributed by atoms with van der Waals surface area (Å²) < 4.78 is 6.98. The van der Waals surface area contributed by atoms with Crippen LogP contribution in [0.3, 0.4) is 0 Å². The summed E-state index contributed by atoms with van der Waals surface area (Å²) in [5.74, 6) is 0.542. The van der Waals surface area contributed by atoms with E-state index >= 15 is 0 Å². The Hall–Kier alpha value is -3.85. The highest BCUT2D eigenvalue weighted by atomic mass is 16.5. The maximum absolute atomic E-state index is 11.7. The Morgan fingerprint density at radius 2 is 1.97 bits per heavy atom. The molecule has 9 nitrogen and oxygen atoms in total. The van der Waals surface area contributed by atoms with Crippen molar-refractivity contribution in [3.05, 3.63) is 71.0 Å². The zero-order valence-electron chi connectivity index (χ0n) is 15.4. The highest BCUT2D eigenvalue weighted by Crippen LogP contribution is 2.29. The molecule has 0 spiro atoms. The van der Waals surface area contributed by atoms with Gasteiger partial charge in [0, 0.05) is 12.1 Å². The van der Waals surface area contributed by atoms with E-state index in [0.717, 1.165) is 16.8 Å². The third-order valence-electron chi connectivity index (χ3n) is 4.79. The normalized spacial score (nSPS) is 12.8. The summed E-state index contributed by atoms with van der Waals surface area (Å²) in [5.41, 5.74) is 9.66. The van der Waals surface area contributed by atoms with Gasteiger partial charge in [0.15, 0.2) is 11.5 Å². The molecule has 4 aromatic rings. The monoisotopic (exact) mass is 387 g/mol. The molecule has 5 rings (SSSR count). The molecule has 1 amide bonds. The second-order valence-electron chi connectivity index (χ2n) is 6.66. The summed E-state index contributed by atoms with van der Waals surface area (Å²) in [6.07, 6.45) is 0. The summed E-state index contributed by atoms with van der Waals surface area (Å²) >= 11 is 0. The predicted molar refractivity (Wildman–Crippen MR) is 105 cm³/mol. The number of carbonyl (C=O) groups excluding carboxylic acids is 1. The van der Waals surface area contributed by atoms with Gasteiger partial charge in [-0.05, 0) is 17.7 Å². The first-order valence-electron chi connectivity index (χ1n) is 9.10. The van der Waals surface area contributed by atoms with E-state index in [1.54, 1.807) is 18.2 Å². The molecule has 0 saturated carbocycles. The number of nitrogens with zero attached hydrogens (tertiary/aromatic N) is 5. The number of amides is 1. The average molecular weight is 387 g/mol. The van der Waals surface area contributed by atoms with E-state index in [9.17, 15) is 4.79 Å². The lowest BCUT2D eigenvalue weighted by molar-refractivity contribution is 0.0993. The van der Waals surface area contributed by atoms with Gasteiger partial charge < -0.3 is 15.8 Å². The molecule has 1 aliphatic heterocycles. The number of nitrogens with two attached hydrogens (primary N) is 1. The van der Waals surface area contributed by atoms with Gasteiger partial charge in [-0.15, -0.1) is 5.10 Å². The Kier molecular flexibility index (Phi) is 4.14. The first kappa shape index (κ1) is 17.3. The van der Waals surface area contributed by atoms with Crippen molar-refractivity contribution < 1.29 is 9.53 Å². The lowest BCUT2D eigenvalue weighted by Crippen LogP contribution is -2.15.